The molecule has 17 heavy (non-hydrogen) atoms. The zero-order valence-corrected chi connectivity index (χ0v) is 10.2. The first-order valence-corrected chi connectivity index (χ1v) is 6.04. The zero-order valence-electron chi connectivity index (χ0n) is 10.2. The summed E-state index contributed by atoms with van der Waals surface area (Å²) in [6.07, 6.45) is 6.73. The molecule has 5 heteroatoms. The van der Waals surface area contributed by atoms with Gasteiger partial charge in [-0.3, -0.25) is 9.88 Å². The molecule has 1 aromatic rings. The maximum absolute atomic E-state index is 9.36. The van der Waals surface area contributed by atoms with E-state index in [4.69, 9.17) is 4.74 Å². The van der Waals surface area contributed by atoms with Gasteiger partial charge in [-0.25, -0.2) is 4.98 Å². The van der Waals surface area contributed by atoms with Crippen molar-refractivity contribution >= 4 is 0 Å². The third-order valence-corrected chi connectivity index (χ3v) is 3.24. The summed E-state index contributed by atoms with van der Waals surface area (Å²) in [7, 11) is 1.60. The summed E-state index contributed by atoms with van der Waals surface area (Å²) in [5, 5.41) is 9.36. The highest BCUT2D eigenvalue weighted by atomic mass is 16.5. The van der Waals surface area contributed by atoms with Gasteiger partial charge in [0.15, 0.2) is 0 Å². The number of ether oxygens (including phenoxy) is 1. The van der Waals surface area contributed by atoms with Crippen LogP contribution in [0.1, 0.15) is 25.0 Å². The van der Waals surface area contributed by atoms with E-state index in [1.54, 1.807) is 19.5 Å². The molecule has 0 aliphatic carbocycles. The van der Waals surface area contributed by atoms with Crippen molar-refractivity contribution in [1.29, 1.82) is 0 Å². The van der Waals surface area contributed by atoms with Crippen LogP contribution in [0, 0.1) is 0 Å². The number of hydrogen-bond donors (Lipinski definition) is 1. The zero-order chi connectivity index (χ0) is 12.1. The van der Waals surface area contributed by atoms with Gasteiger partial charge in [0.05, 0.1) is 13.7 Å². The maximum atomic E-state index is 9.36. The monoisotopic (exact) mass is 237 g/mol. The highest BCUT2D eigenvalue weighted by Gasteiger charge is 2.23. The topological polar surface area (TPSA) is 58.5 Å². The molecule has 1 fully saturated rings. The van der Waals surface area contributed by atoms with Crippen LogP contribution >= 0.6 is 0 Å². The summed E-state index contributed by atoms with van der Waals surface area (Å²) in [5.74, 6) is 0.578. The van der Waals surface area contributed by atoms with E-state index >= 15 is 0 Å². The van der Waals surface area contributed by atoms with Crippen LogP contribution in [0.4, 0.5) is 0 Å². The van der Waals surface area contributed by atoms with Gasteiger partial charge in [0.2, 0.25) is 5.88 Å². The largest absolute Gasteiger partial charge is 0.480 e. The van der Waals surface area contributed by atoms with Crippen LogP contribution < -0.4 is 4.74 Å². The molecule has 0 spiro atoms. The van der Waals surface area contributed by atoms with Crippen LogP contribution in [0.15, 0.2) is 12.4 Å². The van der Waals surface area contributed by atoms with Gasteiger partial charge < -0.3 is 9.84 Å². The van der Waals surface area contributed by atoms with E-state index in [2.05, 4.69) is 14.9 Å². The van der Waals surface area contributed by atoms with Crippen molar-refractivity contribution in [2.45, 2.75) is 31.8 Å². The number of piperidine rings is 1. The Labute approximate surface area is 101 Å². The number of rotatable bonds is 4. The highest BCUT2D eigenvalue weighted by Crippen LogP contribution is 2.21. The number of hydrogen-bond acceptors (Lipinski definition) is 5. The molecule has 2 rings (SSSR count). The average molecular weight is 237 g/mol. The molecule has 1 aliphatic heterocycles. The molecule has 0 bridgehead atoms. The van der Waals surface area contributed by atoms with E-state index in [-0.39, 0.29) is 12.6 Å². The SMILES string of the molecule is COc1nccnc1CN1CCCC[C@H]1CO. The Balaban J connectivity index is 2.08. The second-order valence-electron chi connectivity index (χ2n) is 4.31. The van der Waals surface area contributed by atoms with Crippen LogP contribution in [0.2, 0.25) is 0 Å². The van der Waals surface area contributed by atoms with Gasteiger partial charge in [0.25, 0.3) is 0 Å². The smallest absolute Gasteiger partial charge is 0.236 e. The van der Waals surface area contributed by atoms with Crippen molar-refractivity contribution in [2.24, 2.45) is 0 Å². The van der Waals surface area contributed by atoms with Crippen molar-refractivity contribution in [2.75, 3.05) is 20.3 Å². The van der Waals surface area contributed by atoms with Crippen LogP contribution in [0.25, 0.3) is 0 Å². The Morgan fingerprint density at radius 2 is 2.24 bits per heavy atom. The fourth-order valence-corrected chi connectivity index (χ4v) is 2.30. The van der Waals surface area contributed by atoms with Crippen LogP contribution in [-0.2, 0) is 6.54 Å². The third-order valence-electron chi connectivity index (χ3n) is 3.24. The molecule has 0 radical (unpaired) electrons. The fourth-order valence-electron chi connectivity index (χ4n) is 2.30. The van der Waals surface area contributed by atoms with E-state index in [0.29, 0.717) is 12.4 Å². The van der Waals surface area contributed by atoms with Crippen LogP contribution in [0.3, 0.4) is 0 Å². The molecular formula is C12H19N3O2. The van der Waals surface area contributed by atoms with E-state index < -0.39 is 0 Å². The first kappa shape index (κ1) is 12.3. The van der Waals surface area contributed by atoms with Gasteiger partial charge in [0.1, 0.15) is 5.69 Å². The minimum Gasteiger partial charge on any atom is -0.480 e. The molecule has 2 heterocycles. The second kappa shape index (κ2) is 5.93. The molecule has 0 saturated carbocycles. The molecule has 1 aliphatic rings. The third kappa shape index (κ3) is 2.92. The molecule has 0 unspecified atom stereocenters. The number of likely N-dealkylation sites (tertiary alicyclic amines) is 1. The fraction of sp³-hybridized carbons (Fsp3) is 0.667. The Hall–Kier alpha value is -1.20. The van der Waals surface area contributed by atoms with Gasteiger partial charge >= 0.3 is 0 Å². The number of aliphatic hydroxyl groups is 1. The average Bonchev–Trinajstić information content (AvgIpc) is 2.40. The predicted octanol–water partition coefficient (Wildman–Crippen LogP) is 0.832. The number of nitrogens with zero attached hydrogens (tertiary/aromatic N) is 3. The summed E-state index contributed by atoms with van der Waals surface area (Å²) < 4.78 is 5.19. The molecule has 94 valence electrons. The second-order valence-corrected chi connectivity index (χ2v) is 4.31. The highest BCUT2D eigenvalue weighted by molar-refractivity contribution is 5.17. The number of aromatic nitrogens is 2. The summed E-state index contributed by atoms with van der Waals surface area (Å²) in [6.45, 7) is 1.91. The minimum atomic E-state index is 0.211. The van der Waals surface area contributed by atoms with Gasteiger partial charge in [-0.2, -0.15) is 0 Å². The molecule has 1 atom stereocenters. The van der Waals surface area contributed by atoms with Crippen LogP contribution in [0.5, 0.6) is 5.88 Å². The normalized spacial score (nSPS) is 21.4. The maximum Gasteiger partial charge on any atom is 0.236 e. The summed E-state index contributed by atoms with van der Waals surface area (Å²) in [6, 6.07) is 0.246. The Bertz CT molecular complexity index is 359. The molecule has 5 nitrogen and oxygen atoms in total. The van der Waals surface area contributed by atoms with Crippen molar-refractivity contribution in [3.05, 3.63) is 18.1 Å². The van der Waals surface area contributed by atoms with Crippen molar-refractivity contribution in [3.63, 3.8) is 0 Å². The lowest BCUT2D eigenvalue weighted by molar-refractivity contribution is 0.0821. The quantitative estimate of drug-likeness (QED) is 0.840. The summed E-state index contributed by atoms with van der Waals surface area (Å²) in [4.78, 5) is 10.7. The lowest BCUT2D eigenvalue weighted by Gasteiger charge is -2.34. The first-order chi connectivity index (χ1) is 8.35. The summed E-state index contributed by atoms with van der Waals surface area (Å²) in [5.41, 5.74) is 0.843. The van der Waals surface area contributed by atoms with E-state index in [1.165, 1.54) is 12.8 Å². The summed E-state index contributed by atoms with van der Waals surface area (Å²) >= 11 is 0. The predicted molar refractivity (Wildman–Crippen MR) is 63.7 cm³/mol. The van der Waals surface area contributed by atoms with E-state index in [0.717, 1.165) is 18.7 Å². The van der Waals surface area contributed by atoms with Gasteiger partial charge in [0, 0.05) is 25.0 Å². The van der Waals surface area contributed by atoms with Gasteiger partial charge in [-0.1, -0.05) is 6.42 Å². The van der Waals surface area contributed by atoms with E-state index in [9.17, 15) is 5.11 Å². The van der Waals surface area contributed by atoms with Crippen molar-refractivity contribution in [1.82, 2.24) is 14.9 Å². The minimum absolute atomic E-state index is 0.211. The van der Waals surface area contributed by atoms with Crippen molar-refractivity contribution < 1.29 is 9.84 Å². The van der Waals surface area contributed by atoms with Crippen molar-refractivity contribution in [3.8, 4) is 5.88 Å². The molecule has 0 amide bonds. The standard InChI is InChI=1S/C12H19N3O2/c1-17-12-11(13-5-6-14-12)8-15-7-3-2-4-10(15)9-16/h5-6,10,16H,2-4,7-9H2,1H3/t10-/m0/s1. The first-order valence-electron chi connectivity index (χ1n) is 6.04. The Morgan fingerprint density at radius 1 is 1.41 bits per heavy atom. The molecule has 1 aromatic heterocycles. The molecule has 1 saturated heterocycles. The Morgan fingerprint density at radius 3 is 3.00 bits per heavy atom. The molecular weight excluding hydrogens is 218 g/mol. The molecule has 0 aromatic carbocycles. The lowest BCUT2D eigenvalue weighted by Crippen LogP contribution is -2.41. The van der Waals surface area contributed by atoms with Gasteiger partial charge in [-0.15, -0.1) is 0 Å². The van der Waals surface area contributed by atoms with Gasteiger partial charge in [-0.05, 0) is 19.4 Å². The Kier molecular flexibility index (Phi) is 4.28. The number of aliphatic hydroxyl groups excluding tert-OH is 1. The van der Waals surface area contributed by atoms with Crippen LogP contribution in [-0.4, -0.2) is 46.3 Å². The number of methoxy groups -OCH3 is 1. The van der Waals surface area contributed by atoms with E-state index in [1.807, 2.05) is 0 Å². The molecule has 1 N–H and O–H groups in total. The lowest BCUT2D eigenvalue weighted by atomic mass is 10.0.